The number of hydrogen-bond acceptors (Lipinski definition) is 5. The standard InChI is InChI=1S/C17H14F2N4O2S/c18-8-3-9(19)5-10(4-8)23-6-12-14(22-23)2-1-11-13(7-24)16(21-17(20)25)26-15(11)12/h3-5,7,12H,1-2,6H2,(H3,20,21,25). The molecule has 1 aromatic carbocycles. The second-order valence-corrected chi connectivity index (χ2v) is 7.20. The summed E-state index contributed by atoms with van der Waals surface area (Å²) in [6.07, 6.45) is 1.97. The van der Waals surface area contributed by atoms with Gasteiger partial charge in [0.2, 0.25) is 0 Å². The highest BCUT2D eigenvalue weighted by atomic mass is 32.1. The number of hydrogen-bond donors (Lipinski definition) is 2. The number of carbonyl (C=O) groups is 2. The molecule has 1 aromatic heterocycles. The topological polar surface area (TPSA) is 87.8 Å². The fraction of sp³-hybridized carbons (Fsp3) is 0.235. The summed E-state index contributed by atoms with van der Waals surface area (Å²) in [7, 11) is 0. The lowest BCUT2D eigenvalue weighted by molar-refractivity contribution is 0.112. The zero-order valence-electron chi connectivity index (χ0n) is 13.5. The molecular weight excluding hydrogens is 362 g/mol. The van der Waals surface area contributed by atoms with Gasteiger partial charge in [0.05, 0.1) is 23.7 Å². The second-order valence-electron chi connectivity index (χ2n) is 6.15. The summed E-state index contributed by atoms with van der Waals surface area (Å²) < 4.78 is 27.0. The number of nitrogens with zero attached hydrogens (tertiary/aromatic N) is 2. The molecule has 0 bridgehead atoms. The molecule has 1 atom stereocenters. The van der Waals surface area contributed by atoms with Crippen LogP contribution in [0.25, 0.3) is 0 Å². The van der Waals surface area contributed by atoms with Crippen LogP contribution in [0.1, 0.15) is 33.1 Å². The van der Waals surface area contributed by atoms with Gasteiger partial charge in [-0.2, -0.15) is 5.10 Å². The average molecular weight is 376 g/mol. The predicted molar refractivity (Wildman–Crippen MR) is 95.1 cm³/mol. The molecule has 3 N–H and O–H groups in total. The number of urea groups is 1. The van der Waals surface area contributed by atoms with E-state index >= 15 is 0 Å². The van der Waals surface area contributed by atoms with Gasteiger partial charge in [0.1, 0.15) is 16.6 Å². The summed E-state index contributed by atoms with van der Waals surface area (Å²) in [6.45, 7) is 0.417. The molecule has 1 aliphatic heterocycles. The number of benzene rings is 1. The van der Waals surface area contributed by atoms with Gasteiger partial charge >= 0.3 is 6.03 Å². The third-order valence-electron chi connectivity index (χ3n) is 4.53. The highest BCUT2D eigenvalue weighted by Crippen LogP contribution is 2.44. The van der Waals surface area contributed by atoms with Crippen molar-refractivity contribution >= 4 is 40.1 Å². The molecule has 26 heavy (non-hydrogen) atoms. The molecule has 0 radical (unpaired) electrons. The van der Waals surface area contributed by atoms with Crippen molar-refractivity contribution in [1.82, 2.24) is 0 Å². The number of nitrogens with two attached hydrogens (primary N) is 1. The molecule has 1 unspecified atom stereocenters. The SMILES string of the molecule is NC(=O)Nc1sc2c(c1C=O)CCC1=NN(c3cc(F)cc(F)c3)CC12. The van der Waals surface area contributed by atoms with Gasteiger partial charge in [-0.25, -0.2) is 13.6 Å². The molecule has 9 heteroatoms. The monoisotopic (exact) mass is 376 g/mol. The summed E-state index contributed by atoms with van der Waals surface area (Å²) in [6, 6.07) is 2.55. The highest BCUT2D eigenvalue weighted by Gasteiger charge is 2.37. The van der Waals surface area contributed by atoms with E-state index in [1.54, 1.807) is 5.01 Å². The Hall–Kier alpha value is -2.81. The van der Waals surface area contributed by atoms with Crippen LogP contribution < -0.4 is 16.1 Å². The number of fused-ring (bicyclic) bond motifs is 3. The number of hydrazone groups is 1. The molecule has 134 valence electrons. The minimum atomic E-state index is -0.733. The van der Waals surface area contributed by atoms with Crippen LogP contribution in [0.4, 0.5) is 24.3 Å². The predicted octanol–water partition coefficient (Wildman–Crippen LogP) is 3.24. The molecule has 2 heterocycles. The minimum absolute atomic E-state index is 0.0859. The van der Waals surface area contributed by atoms with Crippen molar-refractivity contribution in [3.05, 3.63) is 45.8 Å². The van der Waals surface area contributed by atoms with E-state index in [0.29, 0.717) is 35.6 Å². The number of carbonyl (C=O) groups excluding carboxylic acids is 2. The van der Waals surface area contributed by atoms with Gasteiger partial charge in [-0.3, -0.25) is 15.1 Å². The average Bonchev–Trinajstić information content (AvgIpc) is 3.13. The zero-order valence-corrected chi connectivity index (χ0v) is 14.3. The summed E-state index contributed by atoms with van der Waals surface area (Å²) >= 11 is 1.30. The third-order valence-corrected chi connectivity index (χ3v) is 5.81. The molecule has 2 amide bonds. The van der Waals surface area contributed by atoms with Crippen LogP contribution in [0.3, 0.4) is 0 Å². The molecule has 2 aliphatic rings. The molecule has 0 fully saturated rings. The van der Waals surface area contributed by atoms with E-state index in [4.69, 9.17) is 5.73 Å². The molecular formula is C17H14F2N4O2S. The fourth-order valence-corrected chi connectivity index (χ4v) is 4.81. The van der Waals surface area contributed by atoms with Gasteiger partial charge < -0.3 is 5.73 Å². The number of rotatable bonds is 3. The lowest BCUT2D eigenvalue weighted by Crippen LogP contribution is -2.21. The third kappa shape index (κ3) is 2.74. The van der Waals surface area contributed by atoms with Crippen LogP contribution in [0.5, 0.6) is 0 Å². The van der Waals surface area contributed by atoms with Crippen molar-refractivity contribution in [3.63, 3.8) is 0 Å². The Morgan fingerprint density at radius 2 is 2.04 bits per heavy atom. The molecule has 1 aliphatic carbocycles. The maximum absolute atomic E-state index is 13.5. The van der Waals surface area contributed by atoms with Gasteiger partial charge in [0, 0.05) is 16.7 Å². The first-order valence-electron chi connectivity index (χ1n) is 7.94. The normalized spacial score (nSPS) is 18.2. The van der Waals surface area contributed by atoms with Crippen molar-refractivity contribution in [2.45, 2.75) is 18.8 Å². The number of aldehydes is 1. The Bertz CT molecular complexity index is 936. The van der Waals surface area contributed by atoms with Crippen molar-refractivity contribution in [1.29, 1.82) is 0 Å². The number of halogens is 2. The van der Waals surface area contributed by atoms with E-state index in [1.165, 1.54) is 23.5 Å². The Balaban J connectivity index is 1.70. The van der Waals surface area contributed by atoms with Gasteiger partial charge in [0.25, 0.3) is 0 Å². The quantitative estimate of drug-likeness (QED) is 0.806. The number of primary amides is 1. The van der Waals surface area contributed by atoms with E-state index in [0.717, 1.165) is 28.5 Å². The van der Waals surface area contributed by atoms with Gasteiger partial charge in [-0.1, -0.05) is 0 Å². The molecule has 0 saturated heterocycles. The fourth-order valence-electron chi connectivity index (χ4n) is 3.47. The first-order chi connectivity index (χ1) is 12.5. The van der Waals surface area contributed by atoms with Crippen LogP contribution in [0.15, 0.2) is 23.3 Å². The number of thiophene rings is 1. The van der Waals surface area contributed by atoms with Gasteiger partial charge in [-0.15, -0.1) is 11.3 Å². The van der Waals surface area contributed by atoms with Crippen LogP contribution in [-0.2, 0) is 6.42 Å². The number of anilines is 2. The van der Waals surface area contributed by atoms with E-state index in [2.05, 4.69) is 10.4 Å². The second kappa shape index (κ2) is 6.17. The molecule has 2 aromatic rings. The summed E-state index contributed by atoms with van der Waals surface area (Å²) in [5.74, 6) is -1.41. The Morgan fingerprint density at radius 1 is 1.31 bits per heavy atom. The van der Waals surface area contributed by atoms with Gasteiger partial charge in [0.15, 0.2) is 6.29 Å². The van der Waals surface area contributed by atoms with E-state index in [9.17, 15) is 18.4 Å². The zero-order chi connectivity index (χ0) is 18.4. The molecule has 0 saturated carbocycles. The largest absolute Gasteiger partial charge is 0.351 e. The number of nitrogens with one attached hydrogen (secondary N) is 1. The minimum Gasteiger partial charge on any atom is -0.351 e. The summed E-state index contributed by atoms with van der Waals surface area (Å²) in [5.41, 5.74) is 7.74. The first-order valence-corrected chi connectivity index (χ1v) is 8.76. The smallest absolute Gasteiger partial charge is 0.317 e. The van der Waals surface area contributed by atoms with Gasteiger partial charge in [-0.05, 0) is 30.5 Å². The van der Waals surface area contributed by atoms with Crippen LogP contribution in [0, 0.1) is 11.6 Å². The van der Waals surface area contributed by atoms with E-state index in [1.807, 2.05) is 0 Å². The van der Waals surface area contributed by atoms with Crippen molar-refractivity contribution in [3.8, 4) is 0 Å². The lowest BCUT2D eigenvalue weighted by atomic mass is 9.86. The Morgan fingerprint density at radius 3 is 2.69 bits per heavy atom. The first kappa shape index (κ1) is 16.6. The van der Waals surface area contributed by atoms with E-state index in [-0.39, 0.29) is 5.92 Å². The summed E-state index contributed by atoms with van der Waals surface area (Å²) in [4.78, 5) is 23.6. The van der Waals surface area contributed by atoms with Crippen LogP contribution in [0.2, 0.25) is 0 Å². The lowest BCUT2D eigenvalue weighted by Gasteiger charge is -2.19. The summed E-state index contributed by atoms with van der Waals surface area (Å²) in [5, 5.41) is 9.00. The Kier molecular flexibility index (Phi) is 3.95. The van der Waals surface area contributed by atoms with E-state index < -0.39 is 17.7 Å². The molecule has 4 rings (SSSR count). The molecule has 6 nitrogen and oxygen atoms in total. The Labute approximate surface area is 151 Å². The molecule has 0 spiro atoms. The highest BCUT2D eigenvalue weighted by molar-refractivity contribution is 7.17. The van der Waals surface area contributed by atoms with Crippen molar-refractivity contribution in [2.24, 2.45) is 10.8 Å². The number of amides is 2. The van der Waals surface area contributed by atoms with Crippen molar-refractivity contribution < 1.29 is 18.4 Å². The maximum Gasteiger partial charge on any atom is 0.317 e. The van der Waals surface area contributed by atoms with Crippen molar-refractivity contribution in [2.75, 3.05) is 16.9 Å². The van der Waals surface area contributed by atoms with Crippen LogP contribution >= 0.6 is 11.3 Å². The van der Waals surface area contributed by atoms with Crippen LogP contribution in [-0.4, -0.2) is 24.6 Å². The maximum atomic E-state index is 13.5.